The monoisotopic (exact) mass is 722 g/mol. The van der Waals surface area contributed by atoms with Crippen LogP contribution in [0.4, 0.5) is 0 Å². The number of likely N-dealkylation sites (N-methyl/N-ethyl adjacent to an activating group) is 1. The van der Waals surface area contributed by atoms with E-state index in [1.165, 1.54) is 38.5 Å². The second-order valence-corrected chi connectivity index (χ2v) is 15.4. The Morgan fingerprint density at radius 2 is 1.22 bits per heavy atom. The van der Waals surface area contributed by atoms with Gasteiger partial charge in [0.15, 0.2) is 0 Å². The van der Waals surface area contributed by atoms with Crippen LogP contribution in [0.25, 0.3) is 0 Å². The largest absolute Gasteiger partial charge is 0.472 e. The molecule has 0 radical (unpaired) electrons. The fraction of sp³-hybridized carbons (Fsp3) is 0.683. The van der Waals surface area contributed by atoms with Crippen molar-refractivity contribution in [3.05, 3.63) is 72.9 Å². The maximum Gasteiger partial charge on any atom is 0.472 e. The van der Waals surface area contributed by atoms with Gasteiger partial charge in [-0.3, -0.25) is 13.8 Å². The fourth-order valence-electron chi connectivity index (χ4n) is 4.79. The molecule has 0 aromatic carbocycles. The third-order valence-corrected chi connectivity index (χ3v) is 8.87. The van der Waals surface area contributed by atoms with E-state index in [4.69, 9.17) is 9.05 Å². The number of nitrogens with zero attached hydrogens (tertiary/aromatic N) is 1. The average molecular weight is 722 g/mol. The maximum absolute atomic E-state index is 12.8. The molecule has 8 nitrogen and oxygen atoms in total. The van der Waals surface area contributed by atoms with Crippen LogP contribution in [-0.2, 0) is 18.4 Å². The number of nitrogens with one attached hydrogen (secondary N) is 1. The molecule has 3 N–H and O–H groups in total. The minimum Gasteiger partial charge on any atom is -0.387 e. The van der Waals surface area contributed by atoms with Gasteiger partial charge < -0.3 is 19.8 Å². The summed E-state index contributed by atoms with van der Waals surface area (Å²) >= 11 is 0. The van der Waals surface area contributed by atoms with Gasteiger partial charge in [-0.15, -0.1) is 0 Å². The number of phosphoric acid groups is 1. The number of hydrogen-bond acceptors (Lipinski definition) is 5. The number of rotatable bonds is 33. The van der Waals surface area contributed by atoms with Gasteiger partial charge in [0.1, 0.15) is 13.2 Å². The third kappa shape index (κ3) is 34.4. The highest BCUT2D eigenvalue weighted by Gasteiger charge is 2.27. The molecule has 0 saturated heterocycles. The van der Waals surface area contributed by atoms with Gasteiger partial charge in [0.2, 0.25) is 5.91 Å². The molecule has 0 rings (SSSR count). The quantitative estimate of drug-likeness (QED) is 0.0270. The molecule has 0 aromatic rings. The van der Waals surface area contributed by atoms with Crippen LogP contribution >= 0.6 is 7.82 Å². The molecule has 0 aliphatic rings. The van der Waals surface area contributed by atoms with E-state index >= 15 is 0 Å². The topological polar surface area (TPSA) is 105 Å². The van der Waals surface area contributed by atoms with Crippen molar-refractivity contribution in [2.24, 2.45) is 0 Å². The second kappa shape index (κ2) is 32.8. The van der Waals surface area contributed by atoms with Crippen LogP contribution in [0.15, 0.2) is 72.9 Å². The lowest BCUT2D eigenvalue weighted by molar-refractivity contribution is -0.870. The minimum atomic E-state index is -4.35. The van der Waals surface area contributed by atoms with Crippen LogP contribution in [-0.4, -0.2) is 73.4 Å². The van der Waals surface area contributed by atoms with Gasteiger partial charge in [-0.2, -0.15) is 0 Å². The summed E-state index contributed by atoms with van der Waals surface area (Å²) in [7, 11) is 1.51. The second-order valence-electron chi connectivity index (χ2n) is 13.9. The van der Waals surface area contributed by atoms with Crippen molar-refractivity contribution in [1.82, 2.24) is 5.32 Å². The van der Waals surface area contributed by atoms with E-state index in [2.05, 4.69) is 79.9 Å². The van der Waals surface area contributed by atoms with Gasteiger partial charge in [0.05, 0.1) is 39.9 Å². The Kier molecular flexibility index (Phi) is 31.5. The Morgan fingerprint density at radius 3 is 1.82 bits per heavy atom. The molecule has 0 aliphatic carbocycles. The van der Waals surface area contributed by atoms with Crippen molar-refractivity contribution in [2.75, 3.05) is 40.9 Å². The number of amides is 1. The first kappa shape index (κ1) is 47.9. The average Bonchev–Trinajstić information content (AvgIpc) is 3.06. The summed E-state index contributed by atoms with van der Waals surface area (Å²) in [5, 5.41) is 13.7. The molecule has 288 valence electrons. The van der Waals surface area contributed by atoms with E-state index in [1.54, 1.807) is 6.08 Å². The Morgan fingerprint density at radius 1 is 0.700 bits per heavy atom. The number of aliphatic hydroxyl groups is 1. The molecule has 50 heavy (non-hydrogen) atoms. The SMILES string of the molecule is CC/C=C\C/C=C\C/C=C\CCCCCC(=O)NC(COP(=O)(O)OCC[N+](C)(C)C)C(O)/C=C/CC/C=C/CC/C=C/CCCCCCC. The van der Waals surface area contributed by atoms with Crippen molar-refractivity contribution in [2.45, 2.75) is 142 Å². The summed E-state index contributed by atoms with van der Waals surface area (Å²) < 4.78 is 23.4. The highest BCUT2D eigenvalue weighted by molar-refractivity contribution is 7.47. The van der Waals surface area contributed by atoms with E-state index in [9.17, 15) is 19.4 Å². The van der Waals surface area contributed by atoms with Crippen LogP contribution in [0.3, 0.4) is 0 Å². The molecule has 0 spiro atoms. The zero-order valence-corrected chi connectivity index (χ0v) is 33.2. The molecule has 0 aliphatic heterocycles. The number of unbranched alkanes of at least 4 members (excludes halogenated alkanes) is 10. The number of allylic oxidation sites excluding steroid dienone is 11. The van der Waals surface area contributed by atoms with Crippen LogP contribution in [0.2, 0.25) is 0 Å². The summed E-state index contributed by atoms with van der Waals surface area (Å²) in [5.74, 6) is -0.226. The zero-order valence-electron chi connectivity index (χ0n) is 32.4. The minimum absolute atomic E-state index is 0.0439. The standard InChI is InChI=1S/C41H73N2O6P/c1-6-8-10-12-14-16-18-20-21-23-24-26-28-30-32-34-40(44)39(38-49-50(46,47)48-37-36-43(3,4)5)42-41(45)35-33-31-29-27-25-22-19-17-15-13-11-9-7-2/h9,11,15,17-18,20,22,24-26,32,34,39-40,44H,6-8,10,12-14,16,19,21,23,27-31,33,35-38H2,1-5H3,(H-,42,45,46,47)/p+1/b11-9-,17-15-,20-18+,25-22-,26-24+,34-32+. The summed E-state index contributed by atoms with van der Waals surface area (Å²) in [6.45, 7) is 4.59. The van der Waals surface area contributed by atoms with E-state index in [0.717, 1.165) is 70.6 Å². The highest BCUT2D eigenvalue weighted by atomic mass is 31.2. The van der Waals surface area contributed by atoms with Gasteiger partial charge in [-0.25, -0.2) is 4.57 Å². The predicted octanol–water partition coefficient (Wildman–Crippen LogP) is 10.1. The molecular weight excluding hydrogens is 647 g/mol. The van der Waals surface area contributed by atoms with Crippen LogP contribution in [0, 0.1) is 0 Å². The molecule has 0 aromatic heterocycles. The maximum atomic E-state index is 12.8. The Bertz CT molecular complexity index is 1040. The van der Waals surface area contributed by atoms with Crippen LogP contribution in [0.1, 0.15) is 129 Å². The van der Waals surface area contributed by atoms with Crippen molar-refractivity contribution in [3.8, 4) is 0 Å². The number of phosphoric ester groups is 1. The molecule has 3 atom stereocenters. The van der Waals surface area contributed by atoms with Crippen molar-refractivity contribution >= 4 is 13.7 Å². The molecule has 0 heterocycles. The number of quaternary nitrogens is 1. The molecular formula is C41H74N2O6P+. The summed E-state index contributed by atoms with van der Waals surface area (Å²) in [4.78, 5) is 23.0. The number of carbonyl (C=O) groups is 1. The van der Waals surface area contributed by atoms with E-state index in [0.29, 0.717) is 17.4 Å². The highest BCUT2D eigenvalue weighted by Crippen LogP contribution is 2.43. The molecule has 3 unspecified atom stereocenters. The molecule has 9 heteroatoms. The lowest BCUT2D eigenvalue weighted by atomic mass is 10.1. The van der Waals surface area contributed by atoms with E-state index < -0.39 is 20.0 Å². The Hall–Kier alpha value is -2.06. The third-order valence-electron chi connectivity index (χ3n) is 7.89. The summed E-state index contributed by atoms with van der Waals surface area (Å²) in [6, 6.07) is -0.886. The van der Waals surface area contributed by atoms with Gasteiger partial charge in [-0.1, -0.05) is 119 Å². The zero-order chi connectivity index (χ0) is 37.2. The lowest BCUT2D eigenvalue weighted by Crippen LogP contribution is -2.45. The van der Waals surface area contributed by atoms with Crippen molar-refractivity contribution in [1.29, 1.82) is 0 Å². The van der Waals surface area contributed by atoms with E-state index in [1.807, 2.05) is 27.2 Å². The number of hydrogen-bond donors (Lipinski definition) is 3. The van der Waals surface area contributed by atoms with Gasteiger partial charge >= 0.3 is 7.82 Å². The van der Waals surface area contributed by atoms with Gasteiger partial charge in [-0.05, 0) is 77.0 Å². The number of aliphatic hydroxyl groups excluding tert-OH is 1. The molecule has 1 amide bonds. The van der Waals surface area contributed by atoms with Gasteiger partial charge in [0, 0.05) is 6.42 Å². The fourth-order valence-corrected chi connectivity index (χ4v) is 5.53. The van der Waals surface area contributed by atoms with Crippen LogP contribution < -0.4 is 5.32 Å². The normalized spacial score (nSPS) is 15.4. The smallest absolute Gasteiger partial charge is 0.387 e. The first-order chi connectivity index (χ1) is 24.0. The predicted molar refractivity (Wildman–Crippen MR) is 212 cm³/mol. The van der Waals surface area contributed by atoms with Gasteiger partial charge in [0.25, 0.3) is 0 Å². The van der Waals surface area contributed by atoms with E-state index in [-0.39, 0.29) is 19.1 Å². The first-order valence-electron chi connectivity index (χ1n) is 19.3. The molecule has 0 saturated carbocycles. The first-order valence-corrected chi connectivity index (χ1v) is 20.8. The van der Waals surface area contributed by atoms with Crippen molar-refractivity contribution in [3.63, 3.8) is 0 Å². The summed E-state index contributed by atoms with van der Waals surface area (Å²) in [5.41, 5.74) is 0. The van der Waals surface area contributed by atoms with Crippen LogP contribution in [0.5, 0.6) is 0 Å². The molecule has 0 fully saturated rings. The Labute approximate surface area is 306 Å². The summed E-state index contributed by atoms with van der Waals surface area (Å²) in [6.07, 6.45) is 42.6. The number of carbonyl (C=O) groups excluding carboxylic acids is 1. The lowest BCUT2D eigenvalue weighted by Gasteiger charge is -2.25. The van der Waals surface area contributed by atoms with Crippen molar-refractivity contribution < 1.29 is 32.9 Å². The molecule has 0 bridgehead atoms. The Balaban J connectivity index is 4.69.